The monoisotopic (exact) mass is 366 g/mol. The van der Waals surface area contributed by atoms with Crippen LogP contribution in [0.4, 0.5) is 17.5 Å². The quantitative estimate of drug-likeness (QED) is 0.590. The first kappa shape index (κ1) is 18.2. The van der Waals surface area contributed by atoms with Crippen molar-refractivity contribution < 1.29 is 0 Å². The normalized spacial score (nSPS) is 17.2. The van der Waals surface area contributed by atoms with Gasteiger partial charge < -0.3 is 16.4 Å². The lowest BCUT2D eigenvalue weighted by molar-refractivity contribution is 0.331. The number of likely N-dealkylation sites (tertiary alicyclic amines) is 1. The molecular formula is C21H30N6. The molecule has 1 aromatic heterocycles. The largest absolute Gasteiger partial charge is 0.370 e. The van der Waals surface area contributed by atoms with E-state index in [1.54, 1.807) is 0 Å². The summed E-state index contributed by atoms with van der Waals surface area (Å²) in [6.07, 6.45) is 8.03. The van der Waals surface area contributed by atoms with Crippen LogP contribution in [0.3, 0.4) is 0 Å². The van der Waals surface area contributed by atoms with E-state index in [1.165, 1.54) is 49.9 Å². The Morgan fingerprint density at radius 3 is 2.81 bits per heavy atom. The molecule has 2 aliphatic rings. The zero-order valence-corrected chi connectivity index (χ0v) is 16.0. The number of aromatic nitrogens is 2. The summed E-state index contributed by atoms with van der Waals surface area (Å²) in [4.78, 5) is 11.8. The lowest BCUT2D eigenvalue weighted by Gasteiger charge is -2.16. The Kier molecular flexibility index (Phi) is 5.84. The fourth-order valence-electron chi connectivity index (χ4n) is 3.67. The van der Waals surface area contributed by atoms with Gasteiger partial charge in [0.05, 0.1) is 0 Å². The third-order valence-corrected chi connectivity index (χ3v) is 5.30. The average molecular weight is 367 g/mol. The van der Waals surface area contributed by atoms with Crippen LogP contribution in [0.25, 0.3) is 0 Å². The van der Waals surface area contributed by atoms with E-state index in [9.17, 15) is 0 Å². The van der Waals surface area contributed by atoms with Crippen LogP contribution in [0.2, 0.25) is 0 Å². The highest BCUT2D eigenvalue weighted by Gasteiger charge is 2.27. The van der Waals surface area contributed by atoms with Crippen molar-refractivity contribution in [3.05, 3.63) is 41.6 Å². The summed E-state index contributed by atoms with van der Waals surface area (Å²) in [5.41, 5.74) is 9.23. The maximum Gasteiger partial charge on any atom is 0.229 e. The van der Waals surface area contributed by atoms with Gasteiger partial charge in [-0.15, -0.1) is 0 Å². The van der Waals surface area contributed by atoms with Gasteiger partial charge in [0.2, 0.25) is 5.95 Å². The Bertz CT molecular complexity index is 752. The van der Waals surface area contributed by atoms with E-state index in [2.05, 4.69) is 44.8 Å². The number of hydrogen-bond donors (Lipinski definition) is 3. The number of nitrogens with two attached hydrogens (primary N) is 1. The number of hydrogen-bond acceptors (Lipinski definition) is 6. The Morgan fingerprint density at radius 2 is 2.04 bits per heavy atom. The van der Waals surface area contributed by atoms with Crippen LogP contribution in [0.15, 0.2) is 30.5 Å². The van der Waals surface area contributed by atoms with Gasteiger partial charge in [-0.3, -0.25) is 4.90 Å². The molecule has 6 nitrogen and oxygen atoms in total. The van der Waals surface area contributed by atoms with Gasteiger partial charge in [-0.25, -0.2) is 4.98 Å². The Labute approximate surface area is 161 Å². The summed E-state index contributed by atoms with van der Waals surface area (Å²) < 4.78 is 0. The molecule has 4 N–H and O–H groups in total. The minimum Gasteiger partial charge on any atom is -0.370 e. The summed E-state index contributed by atoms with van der Waals surface area (Å²) in [5.74, 6) is 2.22. The Balaban J connectivity index is 1.45. The van der Waals surface area contributed by atoms with Gasteiger partial charge in [0, 0.05) is 30.5 Å². The number of nitrogens with one attached hydrogen (secondary N) is 2. The maximum absolute atomic E-state index is 5.62. The Hall–Kier alpha value is -2.18. The molecule has 2 aromatic rings. The van der Waals surface area contributed by atoms with Crippen molar-refractivity contribution in [3.63, 3.8) is 0 Å². The summed E-state index contributed by atoms with van der Waals surface area (Å²) in [5, 5.41) is 6.82. The number of rotatable bonds is 9. The molecule has 4 rings (SSSR count). The highest BCUT2D eigenvalue weighted by atomic mass is 15.1. The molecule has 0 amide bonds. The highest BCUT2D eigenvalue weighted by Crippen LogP contribution is 2.42. The zero-order chi connectivity index (χ0) is 18.5. The number of nitrogens with zero attached hydrogens (tertiary/aromatic N) is 3. The van der Waals surface area contributed by atoms with Crippen LogP contribution >= 0.6 is 0 Å². The molecule has 1 aliphatic carbocycles. The molecule has 0 bridgehead atoms. The molecule has 0 radical (unpaired) electrons. The van der Waals surface area contributed by atoms with Gasteiger partial charge in [0.25, 0.3) is 0 Å². The van der Waals surface area contributed by atoms with Crippen LogP contribution in [0.1, 0.15) is 49.1 Å². The smallest absolute Gasteiger partial charge is 0.229 e. The molecule has 1 aliphatic heterocycles. The van der Waals surface area contributed by atoms with Gasteiger partial charge >= 0.3 is 0 Å². The average Bonchev–Trinajstić information content (AvgIpc) is 3.39. The van der Waals surface area contributed by atoms with E-state index in [0.29, 0.717) is 18.4 Å². The van der Waals surface area contributed by atoms with Crippen molar-refractivity contribution in [2.75, 3.05) is 36.8 Å². The molecule has 0 unspecified atom stereocenters. The zero-order valence-electron chi connectivity index (χ0n) is 16.0. The molecule has 1 saturated carbocycles. The first-order valence-electron chi connectivity index (χ1n) is 10.2. The molecule has 0 atom stereocenters. The van der Waals surface area contributed by atoms with Crippen molar-refractivity contribution in [3.8, 4) is 0 Å². The van der Waals surface area contributed by atoms with Crippen molar-refractivity contribution in [1.82, 2.24) is 14.9 Å². The van der Waals surface area contributed by atoms with Crippen LogP contribution in [0, 0.1) is 0 Å². The van der Waals surface area contributed by atoms with Gasteiger partial charge in [-0.1, -0.05) is 12.1 Å². The molecular weight excluding hydrogens is 336 g/mol. The van der Waals surface area contributed by atoms with E-state index in [1.807, 2.05) is 6.20 Å². The fourth-order valence-corrected chi connectivity index (χ4v) is 3.67. The van der Waals surface area contributed by atoms with Crippen molar-refractivity contribution >= 4 is 17.5 Å². The second kappa shape index (κ2) is 8.67. The van der Waals surface area contributed by atoms with Gasteiger partial charge in [-0.2, -0.15) is 4.98 Å². The van der Waals surface area contributed by atoms with Crippen molar-refractivity contribution in [1.29, 1.82) is 0 Å². The van der Waals surface area contributed by atoms with E-state index < -0.39 is 0 Å². The minimum absolute atomic E-state index is 0.614. The molecule has 2 heterocycles. The van der Waals surface area contributed by atoms with E-state index in [0.717, 1.165) is 31.0 Å². The molecule has 6 heteroatoms. The maximum atomic E-state index is 5.62. The lowest BCUT2D eigenvalue weighted by atomic mass is 10.2. The fraction of sp³-hybridized carbons (Fsp3) is 0.524. The molecule has 1 aromatic carbocycles. The van der Waals surface area contributed by atoms with Crippen LogP contribution in [-0.2, 0) is 6.54 Å². The standard InChI is InChI=1S/C21H30N6/c22-9-4-10-23-20-19(17-7-8-17)14-24-21(26-20)25-18-6-3-5-16(13-18)15-27-11-1-2-12-27/h3,5-6,13-14,17H,1-2,4,7-12,15,22H2,(H2,23,24,25,26). The van der Waals surface area contributed by atoms with Gasteiger partial charge in [0.1, 0.15) is 5.82 Å². The lowest BCUT2D eigenvalue weighted by Crippen LogP contribution is -2.18. The van der Waals surface area contributed by atoms with Crippen LogP contribution in [0.5, 0.6) is 0 Å². The molecule has 0 spiro atoms. The van der Waals surface area contributed by atoms with Crippen molar-refractivity contribution in [2.24, 2.45) is 5.73 Å². The summed E-state index contributed by atoms with van der Waals surface area (Å²) >= 11 is 0. The van der Waals surface area contributed by atoms with Crippen LogP contribution in [-0.4, -0.2) is 41.0 Å². The third-order valence-electron chi connectivity index (χ3n) is 5.30. The first-order valence-corrected chi connectivity index (χ1v) is 10.2. The number of benzene rings is 1. The highest BCUT2D eigenvalue weighted by molar-refractivity contribution is 5.58. The summed E-state index contributed by atoms with van der Waals surface area (Å²) in [7, 11) is 0. The summed E-state index contributed by atoms with van der Waals surface area (Å²) in [6.45, 7) is 4.97. The molecule has 144 valence electrons. The SMILES string of the molecule is NCCCNc1nc(Nc2cccc(CN3CCCC3)c2)ncc1C1CC1. The van der Waals surface area contributed by atoms with Gasteiger partial charge in [-0.05, 0) is 75.4 Å². The summed E-state index contributed by atoms with van der Waals surface area (Å²) in [6, 6.07) is 8.58. The van der Waals surface area contributed by atoms with Crippen molar-refractivity contribution in [2.45, 2.75) is 44.6 Å². The van der Waals surface area contributed by atoms with E-state index in [-0.39, 0.29) is 0 Å². The predicted octanol–water partition coefficient (Wildman–Crippen LogP) is 3.45. The topological polar surface area (TPSA) is 79.1 Å². The minimum atomic E-state index is 0.614. The first-order chi connectivity index (χ1) is 13.3. The Morgan fingerprint density at radius 1 is 1.19 bits per heavy atom. The predicted molar refractivity (Wildman–Crippen MR) is 110 cm³/mol. The van der Waals surface area contributed by atoms with Crippen LogP contribution < -0.4 is 16.4 Å². The second-order valence-corrected chi connectivity index (χ2v) is 7.65. The molecule has 27 heavy (non-hydrogen) atoms. The van der Waals surface area contributed by atoms with E-state index in [4.69, 9.17) is 10.7 Å². The molecule has 1 saturated heterocycles. The van der Waals surface area contributed by atoms with Gasteiger partial charge in [0.15, 0.2) is 0 Å². The van der Waals surface area contributed by atoms with E-state index >= 15 is 0 Å². The second-order valence-electron chi connectivity index (χ2n) is 7.65. The third kappa shape index (κ3) is 4.96. The number of anilines is 3. The molecule has 2 fully saturated rings.